The molecule has 4 rings (SSSR count). The van der Waals surface area contributed by atoms with Crippen molar-refractivity contribution in [3.05, 3.63) is 75.3 Å². The average Bonchev–Trinajstić information content (AvgIpc) is 3.09. The predicted molar refractivity (Wildman–Crippen MR) is 104 cm³/mol. The summed E-state index contributed by atoms with van der Waals surface area (Å²) in [6, 6.07) is 14.3. The van der Waals surface area contributed by atoms with Crippen LogP contribution in [0.1, 0.15) is 28.4 Å². The maximum atomic E-state index is 12.7. The summed E-state index contributed by atoms with van der Waals surface area (Å²) in [5.74, 6) is -0.232. The van der Waals surface area contributed by atoms with Crippen LogP contribution in [-0.4, -0.2) is 17.4 Å². The molecule has 0 radical (unpaired) electrons. The highest BCUT2D eigenvalue weighted by molar-refractivity contribution is 6.10. The molecule has 27 heavy (non-hydrogen) atoms. The molecule has 3 aromatic rings. The zero-order valence-electron chi connectivity index (χ0n) is 14.8. The second kappa shape index (κ2) is 6.72. The molecule has 0 aliphatic heterocycles. The minimum atomic E-state index is -0.541. The lowest BCUT2D eigenvalue weighted by molar-refractivity contribution is -0.385. The maximum Gasteiger partial charge on any atom is 0.311 e. The van der Waals surface area contributed by atoms with Crippen LogP contribution in [0.5, 0.6) is 5.75 Å². The van der Waals surface area contributed by atoms with Crippen molar-refractivity contribution in [2.45, 2.75) is 19.8 Å². The van der Waals surface area contributed by atoms with Gasteiger partial charge < -0.3 is 10.1 Å². The van der Waals surface area contributed by atoms with Gasteiger partial charge in [0.2, 0.25) is 0 Å². The van der Waals surface area contributed by atoms with Crippen LogP contribution in [0.15, 0.2) is 48.5 Å². The molecule has 6 nitrogen and oxygen atoms in total. The van der Waals surface area contributed by atoms with Crippen molar-refractivity contribution in [1.29, 1.82) is 0 Å². The Kier molecular flexibility index (Phi) is 4.24. The lowest BCUT2D eigenvalue weighted by atomic mass is 10.0. The standard InChI is InChI=1S/C21H18N2O4/c1-2-27-19-11-9-15(12-18(19)23(25)26)21(24)22-17-10-8-14-7-6-13-4-3-5-16(17)20(13)14/h3-5,8-12H,2,6-7H2,1H3,(H,22,24). The van der Waals surface area contributed by atoms with Crippen LogP contribution >= 0.6 is 0 Å². The van der Waals surface area contributed by atoms with E-state index in [1.165, 1.54) is 34.7 Å². The first-order valence-corrected chi connectivity index (χ1v) is 8.84. The zero-order chi connectivity index (χ0) is 19.0. The van der Waals surface area contributed by atoms with E-state index in [4.69, 9.17) is 4.74 Å². The van der Waals surface area contributed by atoms with Crippen LogP contribution in [0.4, 0.5) is 11.4 Å². The van der Waals surface area contributed by atoms with Gasteiger partial charge in [0.1, 0.15) is 0 Å². The van der Waals surface area contributed by atoms with Crippen LogP contribution in [0.2, 0.25) is 0 Å². The fourth-order valence-electron chi connectivity index (χ4n) is 3.63. The highest BCUT2D eigenvalue weighted by Gasteiger charge is 2.20. The molecule has 6 heteroatoms. The van der Waals surface area contributed by atoms with Crippen molar-refractivity contribution < 1.29 is 14.5 Å². The molecular weight excluding hydrogens is 344 g/mol. The molecule has 0 atom stereocenters. The van der Waals surface area contributed by atoms with Gasteiger partial charge in [-0.3, -0.25) is 14.9 Å². The normalized spacial score (nSPS) is 12.2. The van der Waals surface area contributed by atoms with Gasteiger partial charge in [-0.1, -0.05) is 24.3 Å². The van der Waals surface area contributed by atoms with Crippen molar-refractivity contribution in [1.82, 2.24) is 0 Å². The van der Waals surface area contributed by atoms with E-state index >= 15 is 0 Å². The van der Waals surface area contributed by atoms with Gasteiger partial charge in [-0.05, 0) is 54.5 Å². The number of nitro benzene ring substituents is 1. The van der Waals surface area contributed by atoms with Gasteiger partial charge in [0.05, 0.1) is 11.5 Å². The Hall–Kier alpha value is -3.41. The Morgan fingerprint density at radius 2 is 1.93 bits per heavy atom. The molecule has 0 fully saturated rings. The Balaban J connectivity index is 1.68. The number of nitrogens with zero attached hydrogens (tertiary/aromatic N) is 1. The second-order valence-corrected chi connectivity index (χ2v) is 6.44. The summed E-state index contributed by atoms with van der Waals surface area (Å²) in [7, 11) is 0. The minimum Gasteiger partial charge on any atom is -0.487 e. The number of anilines is 1. The quantitative estimate of drug-likeness (QED) is 0.535. The molecule has 0 spiro atoms. The number of benzene rings is 3. The third kappa shape index (κ3) is 2.99. The summed E-state index contributed by atoms with van der Waals surface area (Å²) in [5.41, 5.74) is 3.28. The Morgan fingerprint density at radius 3 is 2.67 bits per heavy atom. The summed E-state index contributed by atoms with van der Waals surface area (Å²) < 4.78 is 5.27. The molecule has 0 aromatic heterocycles. The van der Waals surface area contributed by atoms with E-state index < -0.39 is 4.92 Å². The smallest absolute Gasteiger partial charge is 0.311 e. The van der Waals surface area contributed by atoms with Gasteiger partial charge >= 0.3 is 5.69 Å². The van der Waals surface area contributed by atoms with E-state index in [-0.39, 0.29) is 22.9 Å². The van der Waals surface area contributed by atoms with Crippen molar-refractivity contribution in [2.75, 3.05) is 11.9 Å². The first kappa shape index (κ1) is 17.0. The second-order valence-electron chi connectivity index (χ2n) is 6.44. The highest BCUT2D eigenvalue weighted by Crippen LogP contribution is 2.35. The Labute approximate surface area is 155 Å². The largest absolute Gasteiger partial charge is 0.487 e. The first-order valence-electron chi connectivity index (χ1n) is 8.84. The van der Waals surface area contributed by atoms with Crippen molar-refractivity contribution in [3.63, 3.8) is 0 Å². The number of nitro groups is 1. The first-order chi connectivity index (χ1) is 13.1. The van der Waals surface area contributed by atoms with E-state index in [1.54, 1.807) is 6.92 Å². The van der Waals surface area contributed by atoms with Gasteiger partial charge in [0.25, 0.3) is 5.91 Å². The highest BCUT2D eigenvalue weighted by atomic mass is 16.6. The molecule has 0 saturated heterocycles. The molecule has 1 N–H and O–H groups in total. The number of carbonyl (C=O) groups is 1. The molecule has 1 aliphatic rings. The van der Waals surface area contributed by atoms with Gasteiger partial charge in [0, 0.05) is 22.7 Å². The lowest BCUT2D eigenvalue weighted by Crippen LogP contribution is -2.13. The topological polar surface area (TPSA) is 81.5 Å². The van der Waals surface area contributed by atoms with Crippen LogP contribution in [-0.2, 0) is 12.8 Å². The van der Waals surface area contributed by atoms with Crippen LogP contribution < -0.4 is 10.1 Å². The van der Waals surface area contributed by atoms with E-state index in [9.17, 15) is 14.9 Å². The molecule has 3 aromatic carbocycles. The number of aryl methyl sites for hydroxylation is 2. The average molecular weight is 362 g/mol. The molecule has 0 unspecified atom stereocenters. The summed E-state index contributed by atoms with van der Waals surface area (Å²) in [6.07, 6.45) is 2.02. The van der Waals surface area contributed by atoms with Gasteiger partial charge in [0.15, 0.2) is 5.75 Å². The summed E-state index contributed by atoms with van der Waals surface area (Å²) >= 11 is 0. The monoisotopic (exact) mass is 362 g/mol. The van der Waals surface area contributed by atoms with Crippen LogP contribution in [0.25, 0.3) is 10.8 Å². The number of carbonyl (C=O) groups excluding carboxylic acids is 1. The van der Waals surface area contributed by atoms with Crippen molar-refractivity contribution in [2.24, 2.45) is 0 Å². The number of ether oxygens (including phenoxy) is 1. The molecule has 136 valence electrons. The van der Waals surface area contributed by atoms with E-state index in [2.05, 4.69) is 11.4 Å². The maximum absolute atomic E-state index is 12.7. The molecule has 0 heterocycles. The summed E-state index contributed by atoms with van der Waals surface area (Å²) in [5, 5.41) is 16.4. The molecule has 0 saturated carbocycles. The fraction of sp³-hybridized carbons (Fsp3) is 0.190. The lowest BCUT2D eigenvalue weighted by Gasteiger charge is -2.11. The Bertz CT molecular complexity index is 1060. The third-order valence-electron chi connectivity index (χ3n) is 4.84. The summed E-state index contributed by atoms with van der Waals surface area (Å²) in [6.45, 7) is 2.06. The number of hydrogen-bond acceptors (Lipinski definition) is 4. The molecule has 1 amide bonds. The SMILES string of the molecule is CCOc1ccc(C(=O)Nc2ccc3c4c(cccc24)CC3)cc1[N+](=O)[O-]. The summed E-state index contributed by atoms with van der Waals surface area (Å²) in [4.78, 5) is 23.5. The molecule has 1 aliphatic carbocycles. The third-order valence-corrected chi connectivity index (χ3v) is 4.84. The van der Waals surface area contributed by atoms with E-state index in [0.29, 0.717) is 12.3 Å². The predicted octanol–water partition coefficient (Wildman–Crippen LogP) is 4.50. The molecule has 0 bridgehead atoms. The molecular formula is C21H18N2O4. The Morgan fingerprint density at radius 1 is 1.15 bits per heavy atom. The van der Waals surface area contributed by atoms with Gasteiger partial charge in [-0.25, -0.2) is 0 Å². The van der Waals surface area contributed by atoms with E-state index in [0.717, 1.165) is 18.2 Å². The van der Waals surface area contributed by atoms with Crippen LogP contribution in [0.3, 0.4) is 0 Å². The number of amides is 1. The van der Waals surface area contributed by atoms with Gasteiger partial charge in [-0.15, -0.1) is 0 Å². The van der Waals surface area contributed by atoms with Gasteiger partial charge in [-0.2, -0.15) is 0 Å². The van der Waals surface area contributed by atoms with Crippen molar-refractivity contribution in [3.8, 4) is 5.75 Å². The van der Waals surface area contributed by atoms with Crippen LogP contribution in [0, 0.1) is 10.1 Å². The fourth-order valence-corrected chi connectivity index (χ4v) is 3.63. The van der Waals surface area contributed by atoms with E-state index in [1.807, 2.05) is 24.3 Å². The minimum absolute atomic E-state index is 0.157. The zero-order valence-corrected chi connectivity index (χ0v) is 14.8. The number of nitrogens with one attached hydrogen (secondary N) is 1. The number of rotatable bonds is 5. The van der Waals surface area contributed by atoms with Crippen molar-refractivity contribution >= 4 is 28.1 Å². The number of hydrogen-bond donors (Lipinski definition) is 1.